The Morgan fingerprint density at radius 3 is 2.59 bits per heavy atom. The van der Waals surface area contributed by atoms with Crippen LogP contribution in [-0.4, -0.2) is 17.6 Å². The number of para-hydroxylation sites is 1. The summed E-state index contributed by atoms with van der Waals surface area (Å²) in [5, 5.41) is 9.87. The minimum absolute atomic E-state index is 0.320. The minimum Gasteiger partial charge on any atom is -0.461 e. The molecule has 0 aliphatic rings. The third-order valence-electron chi connectivity index (χ3n) is 3.49. The van der Waals surface area contributed by atoms with Crippen molar-refractivity contribution in [2.45, 2.75) is 6.92 Å². The fraction of sp³-hybridized carbons (Fsp3) is 0.111. The number of aromatic amines is 1. The van der Waals surface area contributed by atoms with Crippen molar-refractivity contribution >= 4 is 16.9 Å². The minimum atomic E-state index is -0.377. The summed E-state index contributed by atoms with van der Waals surface area (Å²) in [7, 11) is 0. The van der Waals surface area contributed by atoms with E-state index in [9.17, 15) is 4.79 Å². The van der Waals surface area contributed by atoms with Crippen LogP contribution in [0.2, 0.25) is 0 Å². The van der Waals surface area contributed by atoms with Gasteiger partial charge in [-0.15, -0.1) is 0 Å². The van der Waals surface area contributed by atoms with Crippen molar-refractivity contribution in [2.75, 3.05) is 6.61 Å². The van der Waals surface area contributed by atoms with E-state index in [0.29, 0.717) is 17.9 Å². The van der Waals surface area contributed by atoms with Crippen molar-refractivity contribution in [1.29, 1.82) is 5.26 Å². The van der Waals surface area contributed by atoms with Crippen LogP contribution in [0.4, 0.5) is 0 Å². The van der Waals surface area contributed by atoms with E-state index >= 15 is 0 Å². The van der Waals surface area contributed by atoms with Gasteiger partial charge in [0.2, 0.25) is 0 Å². The molecule has 0 saturated carbocycles. The highest BCUT2D eigenvalue weighted by Gasteiger charge is 2.19. The highest BCUT2D eigenvalue weighted by molar-refractivity contribution is 6.08. The molecule has 108 valence electrons. The molecule has 1 N–H and O–H groups in total. The summed E-state index contributed by atoms with van der Waals surface area (Å²) in [5.41, 5.74) is 3.58. The lowest BCUT2D eigenvalue weighted by molar-refractivity contribution is 0.0521. The van der Waals surface area contributed by atoms with E-state index in [1.165, 1.54) is 0 Å². The van der Waals surface area contributed by atoms with E-state index in [2.05, 4.69) is 11.1 Å². The Hall–Kier alpha value is -3.06. The Kier molecular flexibility index (Phi) is 3.63. The Balaban J connectivity index is 2.22. The van der Waals surface area contributed by atoms with Gasteiger partial charge in [-0.05, 0) is 30.7 Å². The molecule has 0 atom stereocenters. The first-order valence-corrected chi connectivity index (χ1v) is 7.03. The summed E-state index contributed by atoms with van der Waals surface area (Å²) in [6.45, 7) is 2.10. The molecule has 0 radical (unpaired) electrons. The number of nitrogens with zero attached hydrogens (tertiary/aromatic N) is 1. The number of nitrogens with one attached hydrogen (secondary N) is 1. The molecule has 4 heteroatoms. The molecule has 0 saturated heterocycles. The number of carbonyl (C=O) groups excluding carboxylic acids is 1. The highest BCUT2D eigenvalue weighted by Crippen LogP contribution is 2.33. The van der Waals surface area contributed by atoms with Crippen LogP contribution in [0.5, 0.6) is 0 Å². The van der Waals surface area contributed by atoms with Gasteiger partial charge in [-0.1, -0.05) is 30.3 Å². The van der Waals surface area contributed by atoms with Crippen LogP contribution in [0.25, 0.3) is 22.0 Å². The first kappa shape index (κ1) is 13.9. The molecule has 0 spiro atoms. The van der Waals surface area contributed by atoms with Crippen molar-refractivity contribution in [3.05, 3.63) is 59.8 Å². The van der Waals surface area contributed by atoms with Crippen LogP contribution in [-0.2, 0) is 4.74 Å². The second-order valence-corrected chi connectivity index (χ2v) is 4.83. The highest BCUT2D eigenvalue weighted by atomic mass is 16.5. The molecule has 0 unspecified atom stereocenters. The smallest absolute Gasteiger partial charge is 0.355 e. The van der Waals surface area contributed by atoms with Gasteiger partial charge in [0, 0.05) is 16.5 Å². The van der Waals surface area contributed by atoms with Gasteiger partial charge in [0.05, 0.1) is 18.2 Å². The third kappa shape index (κ3) is 2.33. The van der Waals surface area contributed by atoms with E-state index in [-0.39, 0.29) is 5.97 Å². The molecule has 1 heterocycles. The number of nitriles is 1. The van der Waals surface area contributed by atoms with E-state index in [1.807, 2.05) is 36.4 Å². The maximum atomic E-state index is 12.2. The van der Waals surface area contributed by atoms with E-state index in [4.69, 9.17) is 10.00 Å². The number of carbonyl (C=O) groups is 1. The average molecular weight is 290 g/mol. The molecular weight excluding hydrogens is 276 g/mol. The normalized spacial score (nSPS) is 10.4. The zero-order valence-electron chi connectivity index (χ0n) is 12.1. The monoisotopic (exact) mass is 290 g/mol. The zero-order chi connectivity index (χ0) is 15.5. The van der Waals surface area contributed by atoms with Crippen molar-refractivity contribution in [1.82, 2.24) is 4.98 Å². The molecule has 0 bridgehead atoms. The standard InChI is InChI=1S/C18H14N2O2/c1-2-22-18(21)17-16(13-9-7-12(11-19)8-10-13)14-5-3-4-6-15(14)20-17/h3-10,20H,2H2,1H3. The summed E-state index contributed by atoms with van der Waals surface area (Å²) in [6.07, 6.45) is 0. The van der Waals surface area contributed by atoms with Crippen LogP contribution < -0.4 is 0 Å². The molecule has 3 rings (SSSR count). The molecule has 0 aliphatic heterocycles. The molecule has 2 aromatic carbocycles. The molecule has 0 fully saturated rings. The van der Waals surface area contributed by atoms with Gasteiger partial charge in [0.25, 0.3) is 0 Å². The van der Waals surface area contributed by atoms with Crippen LogP contribution in [0.15, 0.2) is 48.5 Å². The third-order valence-corrected chi connectivity index (χ3v) is 3.49. The second kappa shape index (κ2) is 5.74. The SMILES string of the molecule is CCOC(=O)c1[nH]c2ccccc2c1-c1ccc(C#N)cc1. The average Bonchev–Trinajstić information content (AvgIpc) is 2.95. The fourth-order valence-electron chi connectivity index (χ4n) is 2.51. The number of fused-ring (bicyclic) bond motifs is 1. The number of benzene rings is 2. The van der Waals surface area contributed by atoms with Crippen molar-refractivity contribution < 1.29 is 9.53 Å². The summed E-state index contributed by atoms with van der Waals surface area (Å²) >= 11 is 0. The van der Waals surface area contributed by atoms with Gasteiger partial charge in [-0.2, -0.15) is 5.26 Å². The number of aromatic nitrogens is 1. The fourth-order valence-corrected chi connectivity index (χ4v) is 2.51. The van der Waals surface area contributed by atoms with Gasteiger partial charge in [0.15, 0.2) is 0 Å². The van der Waals surface area contributed by atoms with Crippen molar-refractivity contribution in [3.63, 3.8) is 0 Å². The molecule has 4 nitrogen and oxygen atoms in total. The first-order chi connectivity index (χ1) is 10.7. The van der Waals surface area contributed by atoms with Crippen LogP contribution >= 0.6 is 0 Å². The molecule has 1 aromatic heterocycles. The lowest BCUT2D eigenvalue weighted by Crippen LogP contribution is -2.06. The Morgan fingerprint density at radius 2 is 1.91 bits per heavy atom. The largest absolute Gasteiger partial charge is 0.461 e. The maximum absolute atomic E-state index is 12.2. The Labute approximate surface area is 128 Å². The number of hydrogen-bond donors (Lipinski definition) is 1. The Morgan fingerprint density at radius 1 is 1.18 bits per heavy atom. The summed E-state index contributed by atoms with van der Waals surface area (Å²) < 4.78 is 5.14. The number of hydrogen-bond acceptors (Lipinski definition) is 3. The number of ether oxygens (including phenoxy) is 1. The van der Waals surface area contributed by atoms with E-state index < -0.39 is 0 Å². The molecule has 0 amide bonds. The number of esters is 1. The van der Waals surface area contributed by atoms with Crippen molar-refractivity contribution in [2.24, 2.45) is 0 Å². The summed E-state index contributed by atoms with van der Waals surface area (Å²) in [4.78, 5) is 15.4. The van der Waals surface area contributed by atoms with Crippen LogP contribution in [0.3, 0.4) is 0 Å². The van der Waals surface area contributed by atoms with Gasteiger partial charge in [-0.25, -0.2) is 4.79 Å². The van der Waals surface area contributed by atoms with Crippen LogP contribution in [0.1, 0.15) is 23.0 Å². The van der Waals surface area contributed by atoms with Crippen LogP contribution in [0, 0.1) is 11.3 Å². The van der Waals surface area contributed by atoms with E-state index in [0.717, 1.165) is 22.0 Å². The molecule has 3 aromatic rings. The van der Waals surface area contributed by atoms with Gasteiger partial charge in [-0.3, -0.25) is 0 Å². The van der Waals surface area contributed by atoms with Gasteiger partial charge >= 0.3 is 5.97 Å². The zero-order valence-corrected chi connectivity index (χ0v) is 12.1. The molecule has 0 aliphatic carbocycles. The second-order valence-electron chi connectivity index (χ2n) is 4.83. The Bertz CT molecular complexity index is 870. The first-order valence-electron chi connectivity index (χ1n) is 7.03. The lowest BCUT2D eigenvalue weighted by Gasteiger charge is -2.05. The van der Waals surface area contributed by atoms with Gasteiger partial charge in [0.1, 0.15) is 5.69 Å². The summed E-state index contributed by atoms with van der Waals surface area (Å²) in [6, 6.07) is 17.0. The number of H-pyrrole nitrogens is 1. The quantitative estimate of drug-likeness (QED) is 0.744. The predicted octanol–water partition coefficient (Wildman–Crippen LogP) is 3.88. The van der Waals surface area contributed by atoms with E-state index in [1.54, 1.807) is 19.1 Å². The predicted molar refractivity (Wildman–Crippen MR) is 84.4 cm³/mol. The lowest BCUT2D eigenvalue weighted by atomic mass is 10.0. The maximum Gasteiger partial charge on any atom is 0.355 e. The molecule has 22 heavy (non-hydrogen) atoms. The summed E-state index contributed by atoms with van der Waals surface area (Å²) in [5.74, 6) is -0.377. The molecular formula is C18H14N2O2. The number of rotatable bonds is 3. The topological polar surface area (TPSA) is 65.9 Å². The van der Waals surface area contributed by atoms with Gasteiger partial charge < -0.3 is 9.72 Å². The van der Waals surface area contributed by atoms with Crippen molar-refractivity contribution in [3.8, 4) is 17.2 Å².